The van der Waals surface area contributed by atoms with Gasteiger partial charge in [0, 0.05) is 12.0 Å². The number of benzene rings is 1. The van der Waals surface area contributed by atoms with Gasteiger partial charge in [-0.25, -0.2) is 8.42 Å². The summed E-state index contributed by atoms with van der Waals surface area (Å²) >= 11 is 0. The Kier molecular flexibility index (Phi) is 4.37. The molecule has 0 aliphatic carbocycles. The largest absolute Gasteiger partial charge is 0.403 e. The molecule has 0 unspecified atom stereocenters. The molecule has 21 heavy (non-hydrogen) atoms. The lowest BCUT2D eigenvalue weighted by Crippen LogP contribution is -2.09. The predicted octanol–water partition coefficient (Wildman–Crippen LogP) is 1.88. The van der Waals surface area contributed by atoms with E-state index in [1.165, 1.54) is 12.1 Å². The van der Waals surface area contributed by atoms with Crippen LogP contribution in [0.25, 0.3) is 11.5 Å². The molecular formula is C13H15N3O4S. The van der Waals surface area contributed by atoms with Crippen molar-refractivity contribution < 1.29 is 17.6 Å². The number of nitrogens with zero attached hydrogens (tertiary/aromatic N) is 2. The third kappa shape index (κ3) is 3.46. The van der Waals surface area contributed by atoms with E-state index in [1.54, 1.807) is 26.0 Å². The Morgan fingerprint density at radius 1 is 1.19 bits per heavy atom. The first-order chi connectivity index (χ1) is 9.96. The summed E-state index contributed by atoms with van der Waals surface area (Å²) in [5, 5.41) is 9.96. The highest BCUT2D eigenvalue weighted by Gasteiger charge is 2.14. The average Bonchev–Trinajstić information content (AvgIpc) is 2.95. The van der Waals surface area contributed by atoms with Crippen LogP contribution in [0.15, 0.2) is 33.6 Å². The number of sulfone groups is 1. The molecule has 0 bridgehead atoms. The van der Waals surface area contributed by atoms with Gasteiger partial charge in [-0.3, -0.25) is 10.1 Å². The molecule has 112 valence electrons. The molecule has 1 heterocycles. The van der Waals surface area contributed by atoms with Crippen LogP contribution in [-0.2, 0) is 14.6 Å². The van der Waals surface area contributed by atoms with Crippen molar-refractivity contribution in [3.63, 3.8) is 0 Å². The van der Waals surface area contributed by atoms with Crippen molar-refractivity contribution in [2.24, 2.45) is 0 Å². The van der Waals surface area contributed by atoms with Crippen LogP contribution in [0.2, 0.25) is 0 Å². The molecule has 0 aliphatic rings. The van der Waals surface area contributed by atoms with E-state index in [0.717, 1.165) is 0 Å². The molecule has 0 radical (unpaired) electrons. The number of nitrogens with one attached hydrogen (secondary N) is 1. The fraction of sp³-hybridized carbons (Fsp3) is 0.308. The van der Waals surface area contributed by atoms with Gasteiger partial charge in [0.2, 0.25) is 11.8 Å². The second-order valence-electron chi connectivity index (χ2n) is 4.24. The van der Waals surface area contributed by atoms with E-state index in [0.29, 0.717) is 12.0 Å². The predicted molar refractivity (Wildman–Crippen MR) is 76.4 cm³/mol. The fourth-order valence-corrected chi connectivity index (χ4v) is 2.45. The molecule has 0 saturated carbocycles. The summed E-state index contributed by atoms with van der Waals surface area (Å²) in [5.41, 5.74) is 0.578. The van der Waals surface area contributed by atoms with E-state index >= 15 is 0 Å². The Morgan fingerprint density at radius 3 is 2.43 bits per heavy atom. The normalized spacial score (nSPS) is 11.3. The van der Waals surface area contributed by atoms with Crippen LogP contribution in [0.4, 0.5) is 6.01 Å². The van der Waals surface area contributed by atoms with Gasteiger partial charge >= 0.3 is 6.01 Å². The molecule has 0 fully saturated rings. The van der Waals surface area contributed by atoms with Crippen molar-refractivity contribution in [1.29, 1.82) is 0 Å². The Balaban J connectivity index is 2.22. The fourth-order valence-electron chi connectivity index (χ4n) is 1.57. The molecule has 8 heteroatoms. The van der Waals surface area contributed by atoms with Gasteiger partial charge in [-0.15, -0.1) is 5.10 Å². The maximum atomic E-state index is 11.7. The molecule has 1 N–H and O–H groups in total. The van der Waals surface area contributed by atoms with Crippen molar-refractivity contribution in [3.8, 4) is 11.5 Å². The van der Waals surface area contributed by atoms with Gasteiger partial charge in [-0.1, -0.05) is 18.9 Å². The summed E-state index contributed by atoms with van der Waals surface area (Å²) in [5.74, 6) is 0.0246. The summed E-state index contributed by atoms with van der Waals surface area (Å²) in [6.07, 6.45) is 0.307. The second-order valence-corrected chi connectivity index (χ2v) is 6.52. The number of carbonyl (C=O) groups excluding carboxylic acids is 1. The van der Waals surface area contributed by atoms with Gasteiger partial charge in [0.25, 0.3) is 0 Å². The van der Waals surface area contributed by atoms with E-state index in [4.69, 9.17) is 4.42 Å². The maximum Gasteiger partial charge on any atom is 0.322 e. The molecule has 2 aromatic rings. The van der Waals surface area contributed by atoms with Crippen molar-refractivity contribution in [2.75, 3.05) is 11.1 Å². The van der Waals surface area contributed by atoms with Gasteiger partial charge in [-0.2, -0.15) is 0 Å². The zero-order valence-electron chi connectivity index (χ0n) is 11.7. The number of hydrogen-bond donors (Lipinski definition) is 1. The molecule has 2 rings (SSSR count). The lowest BCUT2D eigenvalue weighted by Gasteiger charge is -2.01. The Labute approximate surface area is 122 Å². The van der Waals surface area contributed by atoms with Crippen molar-refractivity contribution in [3.05, 3.63) is 24.3 Å². The lowest BCUT2D eigenvalue weighted by atomic mass is 10.2. The number of hydrogen-bond acceptors (Lipinski definition) is 6. The standard InChI is InChI=1S/C13H15N3O4S/c1-3-11(17)14-13-16-15-12(20-13)9-5-7-10(8-6-9)21(18,19)4-2/h5-8H,3-4H2,1-2H3,(H,14,16,17). The highest BCUT2D eigenvalue weighted by molar-refractivity contribution is 7.91. The molecule has 0 aliphatic heterocycles. The third-order valence-corrected chi connectivity index (χ3v) is 4.58. The molecule has 1 aromatic heterocycles. The number of aromatic nitrogens is 2. The van der Waals surface area contributed by atoms with Crippen LogP contribution >= 0.6 is 0 Å². The van der Waals surface area contributed by atoms with E-state index in [-0.39, 0.29) is 28.5 Å². The summed E-state index contributed by atoms with van der Waals surface area (Å²) in [7, 11) is -3.23. The van der Waals surface area contributed by atoms with E-state index < -0.39 is 9.84 Å². The minimum atomic E-state index is -3.23. The maximum absolute atomic E-state index is 11.7. The minimum absolute atomic E-state index is 0.0158. The van der Waals surface area contributed by atoms with Crippen LogP contribution < -0.4 is 5.32 Å². The Hall–Kier alpha value is -2.22. The topological polar surface area (TPSA) is 102 Å². The van der Waals surface area contributed by atoms with Gasteiger partial charge < -0.3 is 4.42 Å². The first-order valence-corrected chi connectivity index (χ1v) is 8.08. The monoisotopic (exact) mass is 309 g/mol. The number of carbonyl (C=O) groups is 1. The first-order valence-electron chi connectivity index (χ1n) is 6.42. The lowest BCUT2D eigenvalue weighted by molar-refractivity contribution is -0.116. The summed E-state index contributed by atoms with van der Waals surface area (Å²) in [6.45, 7) is 3.30. The average molecular weight is 309 g/mol. The molecule has 0 saturated heterocycles. The highest BCUT2D eigenvalue weighted by atomic mass is 32.2. The van der Waals surface area contributed by atoms with Gasteiger partial charge in [0.15, 0.2) is 9.84 Å². The van der Waals surface area contributed by atoms with Gasteiger partial charge in [0.1, 0.15) is 0 Å². The van der Waals surface area contributed by atoms with Crippen LogP contribution in [0.1, 0.15) is 20.3 Å². The van der Waals surface area contributed by atoms with Gasteiger partial charge in [0.05, 0.1) is 10.6 Å². The SMILES string of the molecule is CCC(=O)Nc1nnc(-c2ccc(S(=O)(=O)CC)cc2)o1. The first kappa shape index (κ1) is 15.2. The van der Waals surface area contributed by atoms with E-state index in [1.807, 2.05) is 0 Å². The summed E-state index contributed by atoms with van der Waals surface area (Å²) < 4.78 is 28.7. The quantitative estimate of drug-likeness (QED) is 0.904. The zero-order chi connectivity index (χ0) is 15.5. The van der Waals surface area contributed by atoms with Crippen LogP contribution in [0, 0.1) is 0 Å². The summed E-state index contributed by atoms with van der Waals surface area (Å²) in [4.78, 5) is 11.5. The molecule has 1 aromatic carbocycles. The van der Waals surface area contributed by atoms with Crippen LogP contribution in [-0.4, -0.2) is 30.3 Å². The highest BCUT2D eigenvalue weighted by Crippen LogP contribution is 2.22. The molecule has 1 amide bonds. The number of rotatable bonds is 5. The number of amides is 1. The third-order valence-electron chi connectivity index (χ3n) is 2.83. The van der Waals surface area contributed by atoms with Crippen molar-refractivity contribution in [2.45, 2.75) is 25.2 Å². The smallest absolute Gasteiger partial charge is 0.322 e. The summed E-state index contributed by atoms with van der Waals surface area (Å²) in [6, 6.07) is 6.16. The Bertz CT molecular complexity index is 735. The minimum Gasteiger partial charge on any atom is -0.403 e. The Morgan fingerprint density at radius 2 is 1.86 bits per heavy atom. The number of anilines is 1. The van der Waals surface area contributed by atoms with Crippen molar-refractivity contribution in [1.82, 2.24) is 10.2 Å². The van der Waals surface area contributed by atoms with Crippen LogP contribution in [0.3, 0.4) is 0 Å². The molecule has 7 nitrogen and oxygen atoms in total. The second kappa shape index (κ2) is 6.04. The van der Waals surface area contributed by atoms with E-state index in [9.17, 15) is 13.2 Å². The van der Waals surface area contributed by atoms with E-state index in [2.05, 4.69) is 15.5 Å². The molecule has 0 spiro atoms. The van der Waals surface area contributed by atoms with Crippen LogP contribution in [0.5, 0.6) is 0 Å². The molecular weight excluding hydrogens is 294 g/mol. The molecule has 0 atom stereocenters. The van der Waals surface area contributed by atoms with Crippen molar-refractivity contribution >= 4 is 21.8 Å². The zero-order valence-corrected chi connectivity index (χ0v) is 12.5. The van der Waals surface area contributed by atoms with Gasteiger partial charge in [-0.05, 0) is 24.3 Å².